The van der Waals surface area contributed by atoms with Gasteiger partial charge < -0.3 is 29.3 Å². The molecule has 2 N–H and O–H groups in total. The van der Waals surface area contributed by atoms with Crippen LogP contribution in [0.3, 0.4) is 0 Å². The van der Waals surface area contributed by atoms with Gasteiger partial charge in [-0.1, -0.05) is 23.9 Å². The maximum Gasteiger partial charge on any atom is 0.161 e. The molecule has 6 atom stereocenters. The number of nitrogens with zero attached hydrogens (tertiary/aromatic N) is 2. The van der Waals surface area contributed by atoms with Crippen molar-refractivity contribution in [3.63, 3.8) is 0 Å². The molecule has 1 fully saturated rings. The van der Waals surface area contributed by atoms with Crippen molar-refractivity contribution in [2.24, 2.45) is 4.99 Å². The lowest BCUT2D eigenvalue weighted by Gasteiger charge is -2.40. The van der Waals surface area contributed by atoms with Crippen LogP contribution in [0.25, 0.3) is 0 Å². The third kappa shape index (κ3) is 3.99. The van der Waals surface area contributed by atoms with Crippen molar-refractivity contribution in [1.82, 2.24) is 4.90 Å². The van der Waals surface area contributed by atoms with Crippen LogP contribution in [-0.2, 0) is 16.1 Å². The van der Waals surface area contributed by atoms with Crippen LogP contribution in [0.2, 0.25) is 0 Å². The molecular formula is C18H26N2O5S. The predicted octanol–water partition coefficient (Wildman–Crippen LogP) is 1.08. The van der Waals surface area contributed by atoms with E-state index in [-0.39, 0.29) is 11.5 Å². The van der Waals surface area contributed by atoms with Gasteiger partial charge in [-0.15, -0.1) is 0 Å². The van der Waals surface area contributed by atoms with Crippen LogP contribution in [-0.4, -0.2) is 77.4 Å². The summed E-state index contributed by atoms with van der Waals surface area (Å²) in [6, 6.07) is 7.15. The smallest absolute Gasteiger partial charge is 0.161 e. The SMILES string of the molecule is C[C@H](OCc1ccc(O[11CH3])cc1)[C@H]1O[C@@H]2SC(N(C)C)=N[C@@H]2[C@@H](O)[C@@H]1O. The molecule has 3 rings (SSSR count). The molecule has 0 aliphatic carbocycles. The van der Waals surface area contributed by atoms with Crippen molar-refractivity contribution in [3.05, 3.63) is 29.8 Å². The van der Waals surface area contributed by atoms with Gasteiger partial charge in [0.15, 0.2) is 5.17 Å². The summed E-state index contributed by atoms with van der Waals surface area (Å²) in [4.78, 5) is 6.34. The Balaban J connectivity index is 1.60. The zero-order valence-electron chi connectivity index (χ0n) is 15.4. The molecule has 0 amide bonds. The molecule has 144 valence electrons. The molecule has 0 aromatic heterocycles. The number of ether oxygens (including phenoxy) is 3. The molecule has 8 heteroatoms. The Morgan fingerprint density at radius 3 is 2.54 bits per heavy atom. The number of hydrogen-bond donors (Lipinski definition) is 2. The topological polar surface area (TPSA) is 83.8 Å². The summed E-state index contributed by atoms with van der Waals surface area (Å²) >= 11 is 1.46. The first kappa shape index (κ1) is 19.4. The molecule has 2 aliphatic rings. The maximum atomic E-state index is 10.5. The fourth-order valence-electron chi connectivity index (χ4n) is 3.02. The van der Waals surface area contributed by atoms with Gasteiger partial charge in [0, 0.05) is 14.1 Å². The van der Waals surface area contributed by atoms with E-state index in [1.165, 1.54) is 11.8 Å². The van der Waals surface area contributed by atoms with Crippen LogP contribution in [0.5, 0.6) is 5.75 Å². The number of rotatable bonds is 5. The van der Waals surface area contributed by atoms with Crippen LogP contribution < -0.4 is 4.74 Å². The molecule has 0 unspecified atom stereocenters. The second-order valence-electron chi connectivity index (χ2n) is 6.73. The first-order chi connectivity index (χ1) is 12.4. The molecule has 1 aromatic carbocycles. The largest absolute Gasteiger partial charge is 0.497 e. The Morgan fingerprint density at radius 2 is 1.92 bits per heavy atom. The molecule has 2 aliphatic heterocycles. The number of fused-ring (bicyclic) bond motifs is 1. The van der Waals surface area contributed by atoms with Gasteiger partial charge in [-0.3, -0.25) is 4.99 Å². The Labute approximate surface area is 158 Å². The molecule has 1 saturated heterocycles. The molecule has 0 saturated carbocycles. The van der Waals surface area contributed by atoms with Crippen molar-refractivity contribution in [2.75, 3.05) is 21.2 Å². The number of benzene rings is 1. The van der Waals surface area contributed by atoms with E-state index >= 15 is 0 Å². The molecule has 26 heavy (non-hydrogen) atoms. The van der Waals surface area contributed by atoms with Crippen molar-refractivity contribution < 1.29 is 24.4 Å². The monoisotopic (exact) mass is 381 g/mol. The Hall–Kier alpha value is -1.32. The summed E-state index contributed by atoms with van der Waals surface area (Å²) in [7, 11) is 5.41. The summed E-state index contributed by atoms with van der Waals surface area (Å²) in [5.74, 6) is 0.789. The minimum absolute atomic E-state index is 0.317. The van der Waals surface area contributed by atoms with E-state index in [0.29, 0.717) is 6.61 Å². The molecule has 0 spiro atoms. The average molecular weight is 381 g/mol. The molecular weight excluding hydrogens is 355 g/mol. The molecule has 7 nitrogen and oxygen atoms in total. The highest BCUT2D eigenvalue weighted by Crippen LogP contribution is 2.38. The van der Waals surface area contributed by atoms with E-state index in [9.17, 15) is 10.2 Å². The first-order valence-corrected chi connectivity index (χ1v) is 9.46. The lowest BCUT2D eigenvalue weighted by molar-refractivity contribution is -0.193. The highest BCUT2D eigenvalue weighted by atomic mass is 32.2. The third-order valence-electron chi connectivity index (χ3n) is 4.60. The van der Waals surface area contributed by atoms with Gasteiger partial charge in [-0.2, -0.15) is 0 Å². The summed E-state index contributed by atoms with van der Waals surface area (Å²) in [5, 5.41) is 21.7. The Morgan fingerprint density at radius 1 is 1.23 bits per heavy atom. The van der Waals surface area contributed by atoms with Crippen molar-refractivity contribution in [2.45, 2.75) is 49.4 Å². The average Bonchev–Trinajstić information content (AvgIpc) is 3.08. The van der Waals surface area contributed by atoms with Crippen molar-refractivity contribution in [1.29, 1.82) is 0 Å². The van der Waals surface area contributed by atoms with Gasteiger partial charge in [0.1, 0.15) is 35.5 Å². The molecule has 0 radical (unpaired) electrons. The first-order valence-electron chi connectivity index (χ1n) is 8.58. The van der Waals surface area contributed by atoms with E-state index in [1.807, 2.05) is 50.2 Å². The summed E-state index contributed by atoms with van der Waals surface area (Å²) in [6.45, 7) is 2.23. The standard InChI is InChI=1S/C18H26N2O5S/c1-10(24-9-11-5-7-12(23-4)8-6-11)16-15(22)14(21)13-17(25-16)26-18(19-13)20(2)3/h5-8,10,13-17,21-22H,9H2,1-4H3/t10-,13+,14+,15-,16+,17+/m0/s1/i4-1. The molecule has 2 heterocycles. The van der Waals surface area contributed by atoms with Crippen LogP contribution in [0.4, 0.5) is 0 Å². The number of thioether (sulfide) groups is 1. The minimum atomic E-state index is -1.05. The predicted molar refractivity (Wildman–Crippen MR) is 100 cm³/mol. The number of hydrogen-bond acceptors (Lipinski definition) is 8. The van der Waals surface area contributed by atoms with Crippen LogP contribution in [0.1, 0.15) is 12.5 Å². The fourth-order valence-corrected chi connectivity index (χ4v) is 4.17. The highest BCUT2D eigenvalue weighted by Gasteiger charge is 2.50. The van der Waals surface area contributed by atoms with E-state index in [0.717, 1.165) is 16.5 Å². The molecule has 1 aromatic rings. The number of aliphatic imine (C=N–C) groups is 1. The van der Waals surface area contributed by atoms with Gasteiger partial charge in [-0.25, -0.2) is 0 Å². The molecule has 0 bridgehead atoms. The lowest BCUT2D eigenvalue weighted by Crippen LogP contribution is -2.58. The maximum absolute atomic E-state index is 10.5. The number of amidine groups is 1. The highest BCUT2D eigenvalue weighted by molar-refractivity contribution is 8.14. The summed E-state index contributed by atoms with van der Waals surface area (Å²) in [5.41, 5.74) is 0.678. The van der Waals surface area contributed by atoms with E-state index in [2.05, 4.69) is 4.99 Å². The Bertz CT molecular complexity index is 639. The van der Waals surface area contributed by atoms with Gasteiger partial charge in [0.2, 0.25) is 0 Å². The summed E-state index contributed by atoms with van der Waals surface area (Å²) in [6.07, 6.45) is -3.02. The van der Waals surface area contributed by atoms with Crippen LogP contribution in [0.15, 0.2) is 29.3 Å². The zero-order chi connectivity index (χ0) is 18.8. The van der Waals surface area contributed by atoms with E-state index in [1.54, 1.807) is 7.11 Å². The Kier molecular flexibility index (Phi) is 6.09. The van der Waals surface area contributed by atoms with Gasteiger partial charge >= 0.3 is 0 Å². The van der Waals surface area contributed by atoms with Crippen LogP contribution in [0, 0.1) is 0 Å². The van der Waals surface area contributed by atoms with Gasteiger partial charge in [-0.05, 0) is 24.6 Å². The fraction of sp³-hybridized carbons (Fsp3) is 0.611. The second-order valence-corrected chi connectivity index (χ2v) is 7.79. The van der Waals surface area contributed by atoms with E-state index in [4.69, 9.17) is 14.2 Å². The second kappa shape index (κ2) is 8.14. The zero-order valence-corrected chi connectivity index (χ0v) is 16.2. The van der Waals surface area contributed by atoms with Gasteiger partial charge in [0.25, 0.3) is 0 Å². The van der Waals surface area contributed by atoms with Gasteiger partial charge in [0.05, 0.1) is 19.8 Å². The number of aliphatic hydroxyl groups excluding tert-OH is 2. The van der Waals surface area contributed by atoms with Crippen molar-refractivity contribution in [3.8, 4) is 5.75 Å². The van der Waals surface area contributed by atoms with E-state index < -0.39 is 24.4 Å². The lowest BCUT2D eigenvalue weighted by atomic mass is 9.95. The quantitative estimate of drug-likeness (QED) is 0.790. The summed E-state index contributed by atoms with van der Waals surface area (Å²) < 4.78 is 17.1. The minimum Gasteiger partial charge on any atom is -0.497 e. The number of methoxy groups -OCH3 is 1. The number of aliphatic hydroxyl groups is 2. The van der Waals surface area contributed by atoms with Crippen LogP contribution >= 0.6 is 11.8 Å². The van der Waals surface area contributed by atoms with Crippen molar-refractivity contribution >= 4 is 16.9 Å². The third-order valence-corrected chi connectivity index (χ3v) is 5.91. The normalized spacial score (nSPS) is 31.9.